The Kier molecular flexibility index (Phi) is 3.72. The van der Waals surface area contributed by atoms with Crippen molar-refractivity contribution in [1.29, 1.82) is 0 Å². The summed E-state index contributed by atoms with van der Waals surface area (Å²) in [4.78, 5) is 9.61. The fourth-order valence-corrected chi connectivity index (χ4v) is 3.09. The molecule has 0 saturated carbocycles. The first kappa shape index (κ1) is 13.5. The van der Waals surface area contributed by atoms with Gasteiger partial charge in [-0.2, -0.15) is 0 Å². The van der Waals surface area contributed by atoms with Gasteiger partial charge in [0, 0.05) is 10.5 Å². The first-order valence-electron chi connectivity index (χ1n) is 6.22. The minimum Gasteiger partial charge on any atom is -0.486 e. The molecule has 0 atom stereocenters. The molecule has 1 aromatic carbocycles. The normalized spacial score (nSPS) is 13.3. The predicted molar refractivity (Wildman–Crippen MR) is 78.1 cm³/mol. The van der Waals surface area contributed by atoms with E-state index in [1.807, 2.05) is 32.0 Å². The lowest BCUT2D eigenvalue weighted by atomic mass is 10.3. The molecule has 2 heterocycles. The van der Waals surface area contributed by atoms with Crippen molar-refractivity contribution in [2.75, 3.05) is 13.2 Å². The second kappa shape index (κ2) is 5.50. The van der Waals surface area contributed by atoms with E-state index >= 15 is 0 Å². The summed E-state index contributed by atoms with van der Waals surface area (Å²) in [6.45, 7) is 4.93. The van der Waals surface area contributed by atoms with Crippen molar-refractivity contribution in [3.63, 3.8) is 0 Å². The molecule has 20 heavy (non-hydrogen) atoms. The number of aromatic nitrogens is 2. The van der Waals surface area contributed by atoms with Gasteiger partial charge in [0.15, 0.2) is 11.5 Å². The van der Waals surface area contributed by atoms with Crippen LogP contribution in [-0.2, 0) is 0 Å². The molecule has 0 radical (unpaired) electrons. The fourth-order valence-electron chi connectivity index (χ4n) is 1.87. The van der Waals surface area contributed by atoms with Crippen molar-refractivity contribution in [2.45, 2.75) is 23.8 Å². The van der Waals surface area contributed by atoms with Crippen LogP contribution in [0.2, 0.25) is 5.15 Å². The van der Waals surface area contributed by atoms with E-state index in [-0.39, 0.29) is 0 Å². The van der Waals surface area contributed by atoms with Crippen LogP contribution in [0.4, 0.5) is 0 Å². The molecule has 1 aliphatic rings. The van der Waals surface area contributed by atoms with Gasteiger partial charge in [0.2, 0.25) is 0 Å². The number of hydrogen-bond acceptors (Lipinski definition) is 5. The summed E-state index contributed by atoms with van der Waals surface area (Å²) in [5.74, 6) is 2.23. The molecule has 0 saturated heterocycles. The average Bonchev–Trinajstić information content (AvgIpc) is 2.44. The van der Waals surface area contributed by atoms with Crippen molar-refractivity contribution >= 4 is 23.4 Å². The summed E-state index contributed by atoms with van der Waals surface area (Å²) in [7, 11) is 0. The van der Waals surface area contributed by atoms with E-state index in [1.54, 1.807) is 11.8 Å². The lowest BCUT2D eigenvalue weighted by Crippen LogP contribution is -2.15. The van der Waals surface area contributed by atoms with Crippen molar-refractivity contribution in [3.05, 3.63) is 34.7 Å². The number of hydrogen-bond donors (Lipinski definition) is 0. The van der Waals surface area contributed by atoms with Crippen LogP contribution in [0.15, 0.2) is 28.1 Å². The van der Waals surface area contributed by atoms with Gasteiger partial charge < -0.3 is 9.47 Å². The molecule has 0 bridgehead atoms. The van der Waals surface area contributed by atoms with Gasteiger partial charge >= 0.3 is 0 Å². The maximum atomic E-state index is 6.09. The molecule has 0 amide bonds. The van der Waals surface area contributed by atoms with Crippen LogP contribution in [0.3, 0.4) is 0 Å². The third kappa shape index (κ3) is 2.69. The van der Waals surface area contributed by atoms with E-state index in [4.69, 9.17) is 21.1 Å². The first-order chi connectivity index (χ1) is 9.63. The average molecular weight is 309 g/mol. The zero-order valence-corrected chi connectivity index (χ0v) is 12.7. The molecule has 0 unspecified atom stereocenters. The quantitative estimate of drug-likeness (QED) is 0.792. The maximum absolute atomic E-state index is 6.09. The van der Waals surface area contributed by atoms with Gasteiger partial charge in [-0.05, 0) is 32.0 Å². The topological polar surface area (TPSA) is 44.2 Å². The highest BCUT2D eigenvalue weighted by molar-refractivity contribution is 7.99. The summed E-state index contributed by atoms with van der Waals surface area (Å²) >= 11 is 7.64. The van der Waals surface area contributed by atoms with Crippen LogP contribution in [0, 0.1) is 13.8 Å². The Labute approximate surface area is 126 Å². The van der Waals surface area contributed by atoms with E-state index in [2.05, 4.69) is 9.97 Å². The number of nitrogens with zero attached hydrogens (tertiary/aromatic N) is 2. The highest BCUT2D eigenvalue weighted by atomic mass is 35.5. The summed E-state index contributed by atoms with van der Waals surface area (Å²) in [5, 5.41) is 1.36. The molecule has 1 aromatic heterocycles. The second-order valence-electron chi connectivity index (χ2n) is 4.40. The van der Waals surface area contributed by atoms with Crippen molar-refractivity contribution in [3.8, 4) is 11.5 Å². The summed E-state index contributed by atoms with van der Waals surface area (Å²) in [6, 6.07) is 5.87. The Morgan fingerprint density at radius 1 is 1.10 bits per heavy atom. The third-order valence-electron chi connectivity index (χ3n) is 2.88. The van der Waals surface area contributed by atoms with Gasteiger partial charge in [0.1, 0.15) is 29.2 Å². The predicted octanol–water partition coefficient (Wildman–Crippen LogP) is 3.67. The van der Waals surface area contributed by atoms with Crippen LogP contribution < -0.4 is 9.47 Å². The molecule has 0 aliphatic carbocycles. The van der Waals surface area contributed by atoms with Gasteiger partial charge in [0.25, 0.3) is 0 Å². The van der Waals surface area contributed by atoms with Gasteiger partial charge in [-0.3, -0.25) is 0 Å². The maximum Gasteiger partial charge on any atom is 0.162 e. The highest BCUT2D eigenvalue weighted by Gasteiger charge is 2.14. The van der Waals surface area contributed by atoms with Gasteiger partial charge in [-0.15, -0.1) is 0 Å². The molecule has 3 rings (SSSR count). The van der Waals surface area contributed by atoms with Crippen molar-refractivity contribution in [2.24, 2.45) is 0 Å². The molecule has 104 valence electrons. The van der Waals surface area contributed by atoms with Gasteiger partial charge in [0.05, 0.1) is 0 Å². The lowest BCUT2D eigenvalue weighted by molar-refractivity contribution is 0.171. The molecule has 2 aromatic rings. The Morgan fingerprint density at radius 3 is 2.65 bits per heavy atom. The Bertz CT molecular complexity index is 664. The monoisotopic (exact) mass is 308 g/mol. The van der Waals surface area contributed by atoms with Gasteiger partial charge in [-0.25, -0.2) is 9.97 Å². The molecule has 6 heteroatoms. The number of halogens is 1. The Balaban J connectivity index is 1.91. The summed E-state index contributed by atoms with van der Waals surface area (Å²) in [6.07, 6.45) is 0. The minimum atomic E-state index is 0.498. The SMILES string of the molecule is Cc1nc(Cl)c(C)c(Sc2ccc3c(c2)OCCO3)n1. The molecular weight excluding hydrogens is 296 g/mol. The number of rotatable bonds is 2. The van der Waals surface area contributed by atoms with Crippen molar-refractivity contribution in [1.82, 2.24) is 9.97 Å². The van der Waals surface area contributed by atoms with E-state index in [1.165, 1.54) is 0 Å². The summed E-state index contributed by atoms with van der Waals surface area (Å²) in [5.41, 5.74) is 0.886. The number of benzene rings is 1. The van der Waals surface area contributed by atoms with E-state index in [0.29, 0.717) is 24.2 Å². The standard InChI is InChI=1S/C14H13ClN2O2S/c1-8-13(15)16-9(2)17-14(8)20-10-3-4-11-12(7-10)19-6-5-18-11/h3-4,7H,5-6H2,1-2H3. The fraction of sp³-hybridized carbons (Fsp3) is 0.286. The summed E-state index contributed by atoms with van der Waals surface area (Å²) < 4.78 is 11.1. The molecule has 1 aliphatic heterocycles. The van der Waals surface area contributed by atoms with Crippen LogP contribution in [0.5, 0.6) is 11.5 Å². The van der Waals surface area contributed by atoms with Crippen molar-refractivity contribution < 1.29 is 9.47 Å². The van der Waals surface area contributed by atoms with Gasteiger partial charge in [-0.1, -0.05) is 23.4 Å². The zero-order valence-electron chi connectivity index (χ0n) is 11.1. The molecule has 0 N–H and O–H groups in total. The molecule has 4 nitrogen and oxygen atoms in total. The number of fused-ring (bicyclic) bond motifs is 1. The van der Waals surface area contributed by atoms with Crippen LogP contribution in [-0.4, -0.2) is 23.2 Å². The lowest BCUT2D eigenvalue weighted by Gasteiger charge is -2.18. The molecule has 0 spiro atoms. The number of ether oxygens (including phenoxy) is 2. The second-order valence-corrected chi connectivity index (χ2v) is 5.82. The smallest absolute Gasteiger partial charge is 0.162 e. The third-order valence-corrected chi connectivity index (χ3v) is 4.33. The van der Waals surface area contributed by atoms with Crippen LogP contribution in [0.25, 0.3) is 0 Å². The first-order valence-corrected chi connectivity index (χ1v) is 7.41. The number of aryl methyl sites for hydroxylation is 1. The van der Waals surface area contributed by atoms with Crippen LogP contribution in [0.1, 0.15) is 11.4 Å². The highest BCUT2D eigenvalue weighted by Crippen LogP contribution is 2.37. The minimum absolute atomic E-state index is 0.498. The van der Waals surface area contributed by atoms with E-state index < -0.39 is 0 Å². The molecule has 0 fully saturated rings. The Morgan fingerprint density at radius 2 is 1.85 bits per heavy atom. The molecular formula is C14H13ClN2O2S. The Hall–Kier alpha value is -1.46. The van der Waals surface area contributed by atoms with E-state index in [0.717, 1.165) is 27.0 Å². The largest absolute Gasteiger partial charge is 0.486 e. The zero-order chi connectivity index (χ0) is 14.1. The van der Waals surface area contributed by atoms with E-state index in [9.17, 15) is 0 Å². The van der Waals surface area contributed by atoms with Crippen LogP contribution >= 0.6 is 23.4 Å².